The van der Waals surface area contributed by atoms with E-state index in [4.69, 9.17) is 4.74 Å². The van der Waals surface area contributed by atoms with Gasteiger partial charge in [0.05, 0.1) is 0 Å². The number of ether oxygens (including phenoxy) is 1. The second-order valence-electron chi connectivity index (χ2n) is 9.66. The Morgan fingerprint density at radius 2 is 1.61 bits per heavy atom. The Labute approximate surface area is 184 Å². The molecule has 0 aliphatic rings. The zero-order valence-electron chi connectivity index (χ0n) is 19.0. The van der Waals surface area contributed by atoms with Crippen molar-refractivity contribution in [2.45, 2.75) is 52.4 Å². The number of hydrogen-bond donors (Lipinski definition) is 2. The lowest BCUT2D eigenvalue weighted by Crippen LogP contribution is -2.17. The summed E-state index contributed by atoms with van der Waals surface area (Å²) in [5.74, 6) is 0.858. The van der Waals surface area contributed by atoms with Gasteiger partial charge in [-0.3, -0.25) is 4.79 Å². The molecule has 31 heavy (non-hydrogen) atoms. The van der Waals surface area contributed by atoms with E-state index in [0.717, 1.165) is 11.3 Å². The Morgan fingerprint density at radius 1 is 0.935 bits per heavy atom. The van der Waals surface area contributed by atoms with Crippen LogP contribution in [0.3, 0.4) is 0 Å². The molecule has 0 bridgehead atoms. The standard InChI is InChI=1S/C26H30N2O3/c1-25(2,3)17-9-14-22(20(16-17)26(4,5)6)31-19-12-10-18(11-13-19)28-24(30)23-21(29)8-7-15-27-23/h7-16,29H,1-6H3,(H,28,30). The van der Waals surface area contributed by atoms with Crippen molar-refractivity contribution in [3.05, 3.63) is 77.6 Å². The van der Waals surface area contributed by atoms with E-state index in [-0.39, 0.29) is 22.3 Å². The van der Waals surface area contributed by atoms with Gasteiger partial charge in [0.15, 0.2) is 5.69 Å². The third kappa shape index (κ3) is 5.43. The first-order valence-electron chi connectivity index (χ1n) is 10.3. The minimum atomic E-state index is -0.473. The lowest BCUT2D eigenvalue weighted by atomic mass is 9.80. The van der Waals surface area contributed by atoms with Gasteiger partial charge in [0.25, 0.3) is 5.91 Å². The first-order valence-corrected chi connectivity index (χ1v) is 10.3. The van der Waals surface area contributed by atoms with E-state index in [0.29, 0.717) is 11.4 Å². The fraction of sp³-hybridized carbons (Fsp3) is 0.308. The summed E-state index contributed by atoms with van der Waals surface area (Å²) in [5, 5.41) is 12.5. The first kappa shape index (κ1) is 22.3. The molecule has 5 nitrogen and oxygen atoms in total. The van der Waals surface area contributed by atoms with Crippen LogP contribution in [0.5, 0.6) is 17.2 Å². The van der Waals surface area contributed by atoms with Crippen molar-refractivity contribution in [3.63, 3.8) is 0 Å². The molecule has 0 radical (unpaired) electrons. The Bertz CT molecular complexity index is 1080. The van der Waals surface area contributed by atoms with E-state index in [1.807, 2.05) is 6.07 Å². The van der Waals surface area contributed by atoms with E-state index < -0.39 is 5.91 Å². The summed E-state index contributed by atoms with van der Waals surface area (Å²) in [6.07, 6.45) is 1.46. The minimum absolute atomic E-state index is 0.0171. The Balaban J connectivity index is 1.80. The van der Waals surface area contributed by atoms with Crippen LogP contribution in [0.15, 0.2) is 60.8 Å². The molecule has 0 saturated carbocycles. The Kier molecular flexibility index (Phi) is 6.07. The second-order valence-corrected chi connectivity index (χ2v) is 9.66. The topological polar surface area (TPSA) is 71.5 Å². The van der Waals surface area contributed by atoms with Gasteiger partial charge in [-0.25, -0.2) is 4.98 Å². The third-order valence-electron chi connectivity index (χ3n) is 5.00. The van der Waals surface area contributed by atoms with Crippen LogP contribution in [0.2, 0.25) is 0 Å². The molecule has 0 spiro atoms. The van der Waals surface area contributed by atoms with E-state index in [1.165, 1.54) is 17.8 Å². The normalized spacial score (nSPS) is 11.8. The van der Waals surface area contributed by atoms with Gasteiger partial charge in [-0.05, 0) is 58.9 Å². The number of rotatable bonds is 4. The summed E-state index contributed by atoms with van der Waals surface area (Å²) in [6, 6.07) is 16.5. The van der Waals surface area contributed by atoms with Crippen molar-refractivity contribution in [2.24, 2.45) is 0 Å². The van der Waals surface area contributed by atoms with Gasteiger partial charge in [0, 0.05) is 17.4 Å². The number of pyridine rings is 1. The zero-order chi connectivity index (χ0) is 22.8. The van der Waals surface area contributed by atoms with Crippen LogP contribution in [0.1, 0.15) is 63.2 Å². The number of benzene rings is 2. The number of anilines is 1. The summed E-state index contributed by atoms with van der Waals surface area (Å²) in [5.41, 5.74) is 2.96. The fourth-order valence-corrected chi connectivity index (χ4v) is 3.17. The van der Waals surface area contributed by atoms with Crippen molar-refractivity contribution in [3.8, 4) is 17.2 Å². The number of nitrogens with zero attached hydrogens (tertiary/aromatic N) is 1. The molecule has 0 unspecified atom stereocenters. The summed E-state index contributed by atoms with van der Waals surface area (Å²) < 4.78 is 6.20. The summed E-state index contributed by atoms with van der Waals surface area (Å²) in [4.78, 5) is 16.2. The molecule has 1 amide bonds. The van der Waals surface area contributed by atoms with Crippen molar-refractivity contribution in [2.75, 3.05) is 5.32 Å². The van der Waals surface area contributed by atoms with Crippen LogP contribution in [-0.2, 0) is 10.8 Å². The first-order chi connectivity index (χ1) is 14.4. The van der Waals surface area contributed by atoms with Gasteiger partial charge in [0.2, 0.25) is 0 Å². The molecule has 0 aliphatic carbocycles. The maximum atomic E-state index is 12.3. The van der Waals surface area contributed by atoms with Crippen molar-refractivity contribution < 1.29 is 14.6 Å². The monoisotopic (exact) mass is 418 g/mol. The molecule has 2 aromatic carbocycles. The summed E-state index contributed by atoms with van der Waals surface area (Å²) >= 11 is 0. The molecule has 0 aliphatic heterocycles. The van der Waals surface area contributed by atoms with E-state index in [2.05, 4.69) is 64.0 Å². The average Bonchev–Trinajstić information content (AvgIpc) is 2.68. The molecule has 1 heterocycles. The molecule has 162 valence electrons. The van der Waals surface area contributed by atoms with Crippen molar-refractivity contribution in [1.29, 1.82) is 0 Å². The van der Waals surface area contributed by atoms with Crippen LogP contribution in [0.4, 0.5) is 5.69 Å². The molecule has 3 rings (SSSR count). The maximum absolute atomic E-state index is 12.3. The lowest BCUT2D eigenvalue weighted by Gasteiger charge is -2.27. The van der Waals surface area contributed by atoms with E-state index in [9.17, 15) is 9.90 Å². The summed E-state index contributed by atoms with van der Waals surface area (Å²) in [7, 11) is 0. The summed E-state index contributed by atoms with van der Waals surface area (Å²) in [6.45, 7) is 13.1. The second kappa shape index (κ2) is 8.42. The molecule has 5 heteroatoms. The minimum Gasteiger partial charge on any atom is -0.505 e. The van der Waals surface area contributed by atoms with Crippen LogP contribution < -0.4 is 10.1 Å². The highest BCUT2D eigenvalue weighted by Crippen LogP contribution is 2.37. The number of aromatic nitrogens is 1. The number of nitrogens with one attached hydrogen (secondary N) is 1. The van der Waals surface area contributed by atoms with Gasteiger partial charge < -0.3 is 15.2 Å². The number of carbonyl (C=O) groups excluding carboxylic acids is 1. The lowest BCUT2D eigenvalue weighted by molar-refractivity contribution is 0.101. The maximum Gasteiger partial charge on any atom is 0.278 e. The Hall–Kier alpha value is -3.34. The van der Waals surface area contributed by atoms with E-state index >= 15 is 0 Å². The van der Waals surface area contributed by atoms with Crippen molar-refractivity contribution >= 4 is 11.6 Å². The molecule has 2 N–H and O–H groups in total. The molecular weight excluding hydrogens is 388 g/mol. The molecule has 0 atom stereocenters. The molecule has 0 fully saturated rings. The zero-order valence-corrected chi connectivity index (χ0v) is 19.0. The van der Waals surface area contributed by atoms with Crippen molar-refractivity contribution in [1.82, 2.24) is 4.98 Å². The number of carbonyl (C=O) groups is 1. The SMILES string of the molecule is CC(C)(C)c1ccc(Oc2ccc(NC(=O)c3ncccc3O)cc2)c(C(C)(C)C)c1. The Morgan fingerprint density at radius 3 is 2.19 bits per heavy atom. The average molecular weight is 419 g/mol. The van der Waals surface area contributed by atoms with Gasteiger partial charge in [0.1, 0.15) is 17.2 Å². The fourth-order valence-electron chi connectivity index (χ4n) is 3.17. The highest BCUT2D eigenvalue weighted by molar-refractivity contribution is 6.04. The van der Waals surface area contributed by atoms with E-state index in [1.54, 1.807) is 30.3 Å². The number of hydrogen-bond acceptors (Lipinski definition) is 4. The van der Waals surface area contributed by atoms with Crippen LogP contribution in [-0.4, -0.2) is 16.0 Å². The highest BCUT2D eigenvalue weighted by Gasteiger charge is 2.23. The van der Waals surface area contributed by atoms with Gasteiger partial charge in [-0.1, -0.05) is 53.7 Å². The van der Waals surface area contributed by atoms with Crippen LogP contribution in [0.25, 0.3) is 0 Å². The smallest absolute Gasteiger partial charge is 0.278 e. The van der Waals surface area contributed by atoms with Gasteiger partial charge in [-0.2, -0.15) is 0 Å². The van der Waals surface area contributed by atoms with Crippen LogP contribution >= 0.6 is 0 Å². The van der Waals surface area contributed by atoms with Gasteiger partial charge in [-0.15, -0.1) is 0 Å². The molecule has 3 aromatic rings. The molecular formula is C26H30N2O3. The molecule has 0 saturated heterocycles. The predicted molar refractivity (Wildman–Crippen MR) is 124 cm³/mol. The van der Waals surface area contributed by atoms with Crippen LogP contribution in [0, 0.1) is 0 Å². The predicted octanol–water partition coefficient (Wildman–Crippen LogP) is 6.43. The third-order valence-corrected chi connectivity index (χ3v) is 5.00. The number of aromatic hydroxyl groups is 1. The highest BCUT2D eigenvalue weighted by atomic mass is 16.5. The number of amides is 1. The quantitative estimate of drug-likeness (QED) is 0.512. The molecule has 1 aromatic heterocycles. The van der Waals surface area contributed by atoms with Gasteiger partial charge >= 0.3 is 0 Å². The largest absolute Gasteiger partial charge is 0.505 e.